The monoisotopic (exact) mass is 289 g/mol. The van der Waals surface area contributed by atoms with Gasteiger partial charge in [0.25, 0.3) is 5.91 Å². The lowest BCUT2D eigenvalue weighted by atomic mass is 10.00. The Morgan fingerprint density at radius 1 is 1.43 bits per heavy atom. The van der Waals surface area contributed by atoms with Crippen LogP contribution >= 0.6 is 0 Å². The van der Waals surface area contributed by atoms with Gasteiger partial charge in [-0.25, -0.2) is 4.98 Å². The van der Waals surface area contributed by atoms with Crippen molar-refractivity contribution in [2.75, 3.05) is 25.0 Å². The van der Waals surface area contributed by atoms with E-state index in [4.69, 9.17) is 0 Å². The molecule has 3 rings (SSSR count). The molecule has 5 nitrogen and oxygen atoms in total. The van der Waals surface area contributed by atoms with Gasteiger partial charge in [-0.1, -0.05) is 6.92 Å². The predicted molar refractivity (Wildman–Crippen MR) is 81.1 cm³/mol. The first-order chi connectivity index (χ1) is 10.2. The summed E-state index contributed by atoms with van der Waals surface area (Å²) in [6, 6.07) is 3.69. The minimum absolute atomic E-state index is 0.0151. The summed E-state index contributed by atoms with van der Waals surface area (Å²) in [6.45, 7) is 4.44. The molecule has 5 heteroatoms. The number of rotatable bonds is 4. The third-order valence-corrected chi connectivity index (χ3v) is 4.67. The zero-order valence-corrected chi connectivity index (χ0v) is 12.5. The fourth-order valence-corrected chi connectivity index (χ4v) is 3.46. The van der Waals surface area contributed by atoms with E-state index in [-0.39, 0.29) is 17.9 Å². The topological polar surface area (TPSA) is 65.5 Å². The Balaban J connectivity index is 1.63. The van der Waals surface area contributed by atoms with Gasteiger partial charge in [0.2, 0.25) is 0 Å². The van der Waals surface area contributed by atoms with Gasteiger partial charge in [-0.2, -0.15) is 0 Å². The van der Waals surface area contributed by atoms with Gasteiger partial charge in [0.15, 0.2) is 0 Å². The number of aliphatic hydroxyl groups excluding tert-OH is 1. The number of likely N-dealkylation sites (tertiary alicyclic amines) is 1. The summed E-state index contributed by atoms with van der Waals surface area (Å²) in [6.07, 6.45) is 4.45. The van der Waals surface area contributed by atoms with Crippen molar-refractivity contribution >= 4 is 11.6 Å². The maximum absolute atomic E-state index is 12.5. The molecule has 1 aliphatic carbocycles. The number of aromatic nitrogens is 1. The molecule has 0 aromatic carbocycles. The van der Waals surface area contributed by atoms with Crippen LogP contribution in [0, 0.1) is 11.8 Å². The van der Waals surface area contributed by atoms with Gasteiger partial charge in [0.05, 0.1) is 18.0 Å². The minimum Gasteiger partial charge on any atom is -0.393 e. The van der Waals surface area contributed by atoms with Crippen LogP contribution in [-0.2, 0) is 0 Å². The maximum Gasteiger partial charge on any atom is 0.272 e. The fraction of sp³-hybridized carbons (Fsp3) is 0.625. The summed E-state index contributed by atoms with van der Waals surface area (Å²) in [5.41, 5.74) is 1.44. The number of fused-ring (bicyclic) bond motifs is 1. The van der Waals surface area contributed by atoms with Crippen LogP contribution in [0.3, 0.4) is 0 Å². The molecule has 1 amide bonds. The van der Waals surface area contributed by atoms with E-state index >= 15 is 0 Å². The van der Waals surface area contributed by atoms with Crippen LogP contribution in [0.25, 0.3) is 0 Å². The van der Waals surface area contributed by atoms with Crippen LogP contribution in [0.2, 0.25) is 0 Å². The number of carbonyl (C=O) groups is 1. The van der Waals surface area contributed by atoms with Gasteiger partial charge < -0.3 is 15.3 Å². The molecule has 2 aliphatic rings. The van der Waals surface area contributed by atoms with Crippen molar-refractivity contribution in [1.29, 1.82) is 0 Å². The quantitative estimate of drug-likeness (QED) is 0.886. The molecule has 21 heavy (non-hydrogen) atoms. The number of amides is 1. The number of anilines is 1. The highest BCUT2D eigenvalue weighted by molar-refractivity contribution is 5.92. The summed E-state index contributed by atoms with van der Waals surface area (Å²) in [7, 11) is 0. The van der Waals surface area contributed by atoms with Crippen LogP contribution in [-0.4, -0.2) is 46.6 Å². The Morgan fingerprint density at radius 3 is 2.95 bits per heavy atom. The molecular formula is C16H23N3O2. The third kappa shape index (κ3) is 2.88. The van der Waals surface area contributed by atoms with Crippen LogP contribution < -0.4 is 5.32 Å². The molecule has 1 saturated carbocycles. The van der Waals surface area contributed by atoms with E-state index in [0.717, 1.165) is 38.0 Å². The number of carbonyl (C=O) groups excluding carboxylic acids is 1. The van der Waals surface area contributed by atoms with Gasteiger partial charge in [-0.3, -0.25) is 4.79 Å². The maximum atomic E-state index is 12.5. The normalized spacial score (nSPS) is 27.7. The molecule has 0 radical (unpaired) electrons. The number of nitrogens with zero attached hydrogens (tertiary/aromatic N) is 2. The number of hydrogen-bond acceptors (Lipinski definition) is 4. The minimum atomic E-state index is -0.235. The summed E-state index contributed by atoms with van der Waals surface area (Å²) >= 11 is 0. The first kappa shape index (κ1) is 14.3. The average molecular weight is 289 g/mol. The second kappa shape index (κ2) is 6.02. The zero-order chi connectivity index (χ0) is 14.8. The van der Waals surface area contributed by atoms with Crippen molar-refractivity contribution < 1.29 is 9.90 Å². The number of aliphatic hydroxyl groups is 1. The van der Waals surface area contributed by atoms with Crippen molar-refractivity contribution in [3.63, 3.8) is 0 Å². The lowest BCUT2D eigenvalue weighted by Gasteiger charge is -2.18. The standard InChI is InChI=1S/C16H23N3O2/c1-2-7-17-12-4-5-14(18-8-12)16(21)19-9-11-3-6-15(20)13(11)10-19/h4-5,8,11,13,15,17,20H,2-3,6-7,9-10H2,1H3. The van der Waals surface area contributed by atoms with E-state index in [0.29, 0.717) is 18.2 Å². The highest BCUT2D eigenvalue weighted by atomic mass is 16.3. The highest BCUT2D eigenvalue weighted by Gasteiger charge is 2.43. The molecule has 0 bridgehead atoms. The van der Waals surface area contributed by atoms with Gasteiger partial charge >= 0.3 is 0 Å². The number of pyridine rings is 1. The SMILES string of the molecule is CCCNc1ccc(C(=O)N2CC3CCC(O)C3C2)nc1. The first-order valence-electron chi connectivity index (χ1n) is 7.86. The van der Waals surface area contributed by atoms with Crippen LogP contribution in [0.5, 0.6) is 0 Å². The van der Waals surface area contributed by atoms with Crippen molar-refractivity contribution in [3.8, 4) is 0 Å². The van der Waals surface area contributed by atoms with Gasteiger partial charge in [-0.05, 0) is 37.3 Å². The molecule has 1 aromatic heterocycles. The average Bonchev–Trinajstić information content (AvgIpc) is 3.07. The molecule has 1 aromatic rings. The molecule has 2 N–H and O–H groups in total. The Kier molecular flexibility index (Phi) is 4.10. The number of nitrogens with one attached hydrogen (secondary N) is 1. The molecule has 114 valence electrons. The second-order valence-electron chi connectivity index (χ2n) is 6.14. The zero-order valence-electron chi connectivity index (χ0n) is 12.5. The van der Waals surface area contributed by atoms with E-state index < -0.39 is 0 Å². The first-order valence-corrected chi connectivity index (χ1v) is 7.86. The Labute approximate surface area is 125 Å². The van der Waals surface area contributed by atoms with Gasteiger partial charge in [0, 0.05) is 25.6 Å². The van der Waals surface area contributed by atoms with E-state index in [1.54, 1.807) is 12.3 Å². The predicted octanol–water partition coefficient (Wildman–Crippen LogP) is 1.75. The number of hydrogen-bond donors (Lipinski definition) is 2. The molecule has 2 fully saturated rings. The molecule has 0 spiro atoms. The largest absolute Gasteiger partial charge is 0.393 e. The highest BCUT2D eigenvalue weighted by Crippen LogP contribution is 2.38. The lowest BCUT2D eigenvalue weighted by molar-refractivity contribution is 0.0747. The fourth-order valence-electron chi connectivity index (χ4n) is 3.46. The smallest absolute Gasteiger partial charge is 0.272 e. The van der Waals surface area contributed by atoms with Crippen LogP contribution in [0.1, 0.15) is 36.7 Å². The second-order valence-corrected chi connectivity index (χ2v) is 6.14. The van der Waals surface area contributed by atoms with E-state index in [1.165, 1.54) is 0 Å². The van der Waals surface area contributed by atoms with Crippen molar-refractivity contribution in [2.45, 2.75) is 32.3 Å². The summed E-state index contributed by atoms with van der Waals surface area (Å²) in [5.74, 6) is 0.715. The molecular weight excluding hydrogens is 266 g/mol. The van der Waals surface area contributed by atoms with Crippen LogP contribution in [0.4, 0.5) is 5.69 Å². The Morgan fingerprint density at radius 2 is 2.29 bits per heavy atom. The van der Waals surface area contributed by atoms with E-state index in [9.17, 15) is 9.90 Å². The summed E-state index contributed by atoms with van der Waals surface area (Å²) in [4.78, 5) is 18.6. The lowest BCUT2D eigenvalue weighted by Crippen LogP contribution is -2.31. The molecule has 1 aliphatic heterocycles. The molecule has 3 unspecified atom stereocenters. The Bertz CT molecular complexity index is 503. The molecule has 1 saturated heterocycles. The summed E-state index contributed by atoms with van der Waals surface area (Å²) < 4.78 is 0. The van der Waals surface area contributed by atoms with Crippen molar-refractivity contribution in [2.24, 2.45) is 11.8 Å². The van der Waals surface area contributed by atoms with Gasteiger partial charge in [0.1, 0.15) is 5.69 Å². The molecule has 2 heterocycles. The van der Waals surface area contributed by atoms with E-state index in [1.807, 2.05) is 11.0 Å². The molecule has 3 atom stereocenters. The van der Waals surface area contributed by atoms with Crippen LogP contribution in [0.15, 0.2) is 18.3 Å². The third-order valence-electron chi connectivity index (χ3n) is 4.67. The van der Waals surface area contributed by atoms with Crippen molar-refractivity contribution in [1.82, 2.24) is 9.88 Å². The van der Waals surface area contributed by atoms with Gasteiger partial charge in [-0.15, -0.1) is 0 Å². The Hall–Kier alpha value is -1.62. The van der Waals surface area contributed by atoms with Crippen molar-refractivity contribution in [3.05, 3.63) is 24.0 Å². The van der Waals surface area contributed by atoms with E-state index in [2.05, 4.69) is 17.2 Å². The summed E-state index contributed by atoms with van der Waals surface area (Å²) in [5, 5.41) is 13.2.